The Kier molecular flexibility index (Phi) is 7.69. The number of nitrogens with one attached hydrogen (secondary N) is 1. The van der Waals surface area contributed by atoms with Crippen molar-refractivity contribution in [1.82, 2.24) is 5.32 Å². The van der Waals surface area contributed by atoms with Crippen LogP contribution in [0.2, 0.25) is 0 Å². The molecule has 1 saturated carbocycles. The van der Waals surface area contributed by atoms with Crippen molar-refractivity contribution in [3.63, 3.8) is 0 Å². The van der Waals surface area contributed by atoms with Crippen molar-refractivity contribution in [2.24, 2.45) is 0 Å². The number of esters is 1. The molecular weight excluding hydrogens is 234 g/mol. The molecule has 0 amide bonds. The molecule has 1 fully saturated rings. The minimum atomic E-state index is -0.106. The zero-order chi connectivity index (χ0) is 12.5. The number of carbonyl (C=O) groups excluding carboxylic acids is 1. The molecule has 0 aromatic rings. The van der Waals surface area contributed by atoms with Gasteiger partial charge in [-0.3, -0.25) is 4.79 Å². The molecule has 2 atom stereocenters. The maximum atomic E-state index is 11.4. The molecule has 0 aromatic heterocycles. The van der Waals surface area contributed by atoms with Crippen molar-refractivity contribution in [2.75, 3.05) is 18.9 Å². The van der Waals surface area contributed by atoms with Gasteiger partial charge in [-0.2, -0.15) is 11.8 Å². The summed E-state index contributed by atoms with van der Waals surface area (Å²) >= 11 is 2.01. The molecule has 1 aliphatic rings. The third kappa shape index (κ3) is 5.77. The van der Waals surface area contributed by atoms with Crippen LogP contribution in [0.15, 0.2) is 0 Å². The van der Waals surface area contributed by atoms with Crippen molar-refractivity contribution in [2.45, 2.75) is 57.2 Å². The summed E-state index contributed by atoms with van der Waals surface area (Å²) in [5.74, 6) is 1.05. The summed E-state index contributed by atoms with van der Waals surface area (Å²) in [6, 6.07) is 0.499. The summed E-state index contributed by atoms with van der Waals surface area (Å²) < 4.78 is 5.13. The van der Waals surface area contributed by atoms with Crippen LogP contribution in [0.1, 0.15) is 46.0 Å². The van der Waals surface area contributed by atoms with E-state index < -0.39 is 0 Å². The van der Waals surface area contributed by atoms with Gasteiger partial charge >= 0.3 is 5.97 Å². The van der Waals surface area contributed by atoms with Crippen molar-refractivity contribution in [3.8, 4) is 0 Å². The van der Waals surface area contributed by atoms with Crippen molar-refractivity contribution >= 4 is 17.7 Å². The molecule has 0 saturated heterocycles. The van der Waals surface area contributed by atoms with E-state index in [1.54, 1.807) is 0 Å². The molecule has 1 aliphatic carbocycles. The molecule has 4 heteroatoms. The van der Waals surface area contributed by atoms with Gasteiger partial charge in [0.25, 0.3) is 0 Å². The summed E-state index contributed by atoms with van der Waals surface area (Å²) in [5.41, 5.74) is 0. The highest BCUT2D eigenvalue weighted by Crippen LogP contribution is 2.29. The lowest BCUT2D eigenvalue weighted by molar-refractivity contribution is -0.142. The third-order valence-corrected chi connectivity index (χ3v) is 4.43. The van der Waals surface area contributed by atoms with E-state index in [0.29, 0.717) is 24.4 Å². The van der Waals surface area contributed by atoms with Gasteiger partial charge in [0.2, 0.25) is 0 Å². The van der Waals surface area contributed by atoms with Crippen LogP contribution >= 0.6 is 11.8 Å². The van der Waals surface area contributed by atoms with Gasteiger partial charge in [0.1, 0.15) is 0 Å². The molecule has 3 nitrogen and oxygen atoms in total. The van der Waals surface area contributed by atoms with E-state index in [1.165, 1.54) is 19.3 Å². The predicted octanol–water partition coefficient (Wildman–Crippen LogP) is 2.59. The maximum absolute atomic E-state index is 11.4. The first-order valence-corrected chi connectivity index (χ1v) is 7.83. The molecule has 100 valence electrons. The Labute approximate surface area is 109 Å². The van der Waals surface area contributed by atoms with E-state index in [1.807, 2.05) is 11.8 Å². The quantitative estimate of drug-likeness (QED) is 0.537. The summed E-state index contributed by atoms with van der Waals surface area (Å²) in [6.07, 6.45) is 5.78. The zero-order valence-electron chi connectivity index (χ0n) is 11.0. The Morgan fingerprint density at radius 2 is 2.24 bits per heavy atom. The number of unbranched alkanes of at least 4 members (excludes halogenated alkanes) is 1. The average Bonchev–Trinajstić information content (AvgIpc) is 2.75. The van der Waals surface area contributed by atoms with Crippen LogP contribution in [0.25, 0.3) is 0 Å². The molecular formula is C13H25NO2S. The highest BCUT2D eigenvalue weighted by molar-refractivity contribution is 7.99. The monoisotopic (exact) mass is 259 g/mol. The van der Waals surface area contributed by atoms with Gasteiger partial charge in [0.15, 0.2) is 0 Å². The van der Waals surface area contributed by atoms with Gasteiger partial charge < -0.3 is 10.1 Å². The van der Waals surface area contributed by atoms with Gasteiger partial charge in [-0.25, -0.2) is 0 Å². The van der Waals surface area contributed by atoms with Crippen molar-refractivity contribution in [1.29, 1.82) is 0 Å². The normalized spacial score (nSPS) is 23.9. The largest absolute Gasteiger partial charge is 0.465 e. The van der Waals surface area contributed by atoms with Gasteiger partial charge in [-0.1, -0.05) is 26.7 Å². The zero-order valence-corrected chi connectivity index (χ0v) is 11.9. The lowest BCUT2D eigenvalue weighted by atomic mass is 10.2. The Hall–Kier alpha value is -0.220. The van der Waals surface area contributed by atoms with Crippen LogP contribution < -0.4 is 5.32 Å². The topological polar surface area (TPSA) is 38.3 Å². The molecule has 0 heterocycles. The number of carbonyl (C=O) groups is 1. The Morgan fingerprint density at radius 1 is 1.41 bits per heavy atom. The minimum Gasteiger partial charge on any atom is -0.465 e. The average molecular weight is 259 g/mol. The lowest BCUT2D eigenvalue weighted by Gasteiger charge is -2.19. The highest BCUT2D eigenvalue weighted by Gasteiger charge is 2.27. The van der Waals surface area contributed by atoms with E-state index in [-0.39, 0.29) is 5.97 Å². The molecule has 1 rings (SSSR count). The van der Waals surface area contributed by atoms with Crippen LogP contribution in [-0.2, 0) is 9.53 Å². The fourth-order valence-corrected chi connectivity index (χ4v) is 3.39. The van der Waals surface area contributed by atoms with Gasteiger partial charge in [0.05, 0.1) is 13.2 Å². The standard InChI is InChI=1S/C13H25NO2S/c1-3-5-9-16-13(15)10-14-11-7-6-8-12(11)17-4-2/h11-12,14H,3-10H2,1-2H3. The third-order valence-electron chi connectivity index (χ3n) is 3.10. The summed E-state index contributed by atoms with van der Waals surface area (Å²) in [5, 5.41) is 4.03. The van der Waals surface area contributed by atoms with Crippen molar-refractivity contribution < 1.29 is 9.53 Å². The van der Waals surface area contributed by atoms with E-state index in [2.05, 4.69) is 19.2 Å². The number of hydrogen-bond acceptors (Lipinski definition) is 4. The number of hydrogen-bond donors (Lipinski definition) is 1. The van der Waals surface area contributed by atoms with Gasteiger partial charge in [0, 0.05) is 11.3 Å². The van der Waals surface area contributed by atoms with Crippen LogP contribution in [-0.4, -0.2) is 36.2 Å². The van der Waals surface area contributed by atoms with Crippen molar-refractivity contribution in [3.05, 3.63) is 0 Å². The molecule has 0 radical (unpaired) electrons. The molecule has 1 N–H and O–H groups in total. The Morgan fingerprint density at radius 3 is 2.94 bits per heavy atom. The molecule has 2 unspecified atom stereocenters. The second-order valence-electron chi connectivity index (χ2n) is 4.49. The van der Waals surface area contributed by atoms with Crippen LogP contribution in [0.3, 0.4) is 0 Å². The van der Waals surface area contributed by atoms with E-state index in [4.69, 9.17) is 4.74 Å². The SMILES string of the molecule is CCCCOC(=O)CNC1CCCC1SCC. The fourth-order valence-electron chi connectivity index (χ4n) is 2.17. The van der Waals surface area contributed by atoms with Crippen LogP contribution in [0.4, 0.5) is 0 Å². The van der Waals surface area contributed by atoms with E-state index >= 15 is 0 Å². The molecule has 0 bridgehead atoms. The second-order valence-corrected chi connectivity index (χ2v) is 6.00. The first kappa shape index (κ1) is 14.8. The number of thioether (sulfide) groups is 1. The number of rotatable bonds is 8. The van der Waals surface area contributed by atoms with Gasteiger partial charge in [-0.15, -0.1) is 0 Å². The molecule has 0 aliphatic heterocycles. The highest BCUT2D eigenvalue weighted by atomic mass is 32.2. The summed E-state index contributed by atoms with van der Waals surface area (Å²) in [6.45, 7) is 5.22. The summed E-state index contributed by atoms with van der Waals surface area (Å²) in [7, 11) is 0. The van der Waals surface area contributed by atoms with E-state index in [9.17, 15) is 4.79 Å². The molecule has 0 aromatic carbocycles. The lowest BCUT2D eigenvalue weighted by Crippen LogP contribution is -2.38. The van der Waals surface area contributed by atoms with E-state index in [0.717, 1.165) is 18.6 Å². The minimum absolute atomic E-state index is 0.106. The smallest absolute Gasteiger partial charge is 0.319 e. The van der Waals surface area contributed by atoms with Crippen LogP contribution in [0.5, 0.6) is 0 Å². The van der Waals surface area contributed by atoms with Crippen LogP contribution in [0, 0.1) is 0 Å². The first-order valence-electron chi connectivity index (χ1n) is 6.78. The molecule has 17 heavy (non-hydrogen) atoms. The number of ether oxygens (including phenoxy) is 1. The maximum Gasteiger partial charge on any atom is 0.319 e. The second kappa shape index (κ2) is 8.81. The predicted molar refractivity (Wildman–Crippen MR) is 73.4 cm³/mol. The Balaban J connectivity index is 2.14. The Bertz CT molecular complexity index is 223. The summed E-state index contributed by atoms with van der Waals surface area (Å²) in [4.78, 5) is 11.4. The first-order chi connectivity index (χ1) is 8.27. The van der Waals surface area contributed by atoms with Gasteiger partial charge in [-0.05, 0) is 25.0 Å². The fraction of sp³-hybridized carbons (Fsp3) is 0.923. The molecule has 0 spiro atoms.